The molecule has 19 heavy (non-hydrogen) atoms. The first-order valence-corrected chi connectivity index (χ1v) is 5.98. The zero-order chi connectivity index (χ0) is 13.4. The summed E-state index contributed by atoms with van der Waals surface area (Å²) in [7, 11) is 0. The Bertz CT molecular complexity index is 649. The number of aromatic amines is 1. The van der Waals surface area contributed by atoms with E-state index in [0.717, 1.165) is 10.9 Å². The molecule has 1 aromatic heterocycles. The summed E-state index contributed by atoms with van der Waals surface area (Å²) in [6, 6.07) is 5.06. The highest BCUT2D eigenvalue weighted by Crippen LogP contribution is 2.20. The molecule has 98 valence electrons. The van der Waals surface area contributed by atoms with Crippen LogP contribution in [0.4, 0.5) is 0 Å². The fourth-order valence-corrected chi connectivity index (χ4v) is 2.08. The first-order valence-electron chi connectivity index (χ1n) is 5.98. The lowest BCUT2D eigenvalue weighted by Gasteiger charge is -2.08. The molecule has 2 atom stereocenters. The van der Waals surface area contributed by atoms with Crippen molar-refractivity contribution in [2.24, 2.45) is 0 Å². The monoisotopic (exact) mass is 260 g/mol. The number of cyclic esters (lactones) is 1. The van der Waals surface area contributed by atoms with Crippen molar-refractivity contribution in [3.8, 4) is 0 Å². The van der Waals surface area contributed by atoms with Crippen LogP contribution in [-0.4, -0.2) is 34.3 Å². The minimum Gasteiger partial charge on any atom is -0.460 e. The average Bonchev–Trinajstić information content (AvgIpc) is 2.95. The number of carbonyl (C=O) groups excluding carboxylic acids is 2. The number of ether oxygens (including phenoxy) is 2. The number of fused-ring (bicyclic) bond motifs is 1. The van der Waals surface area contributed by atoms with Crippen LogP contribution in [0.2, 0.25) is 0 Å². The maximum Gasteiger partial charge on any atom is 0.347 e. The van der Waals surface area contributed by atoms with E-state index in [1.54, 1.807) is 31.3 Å². The van der Waals surface area contributed by atoms with Crippen LogP contribution < -0.4 is 0 Å². The zero-order valence-electron chi connectivity index (χ0n) is 10.3. The second-order valence-electron chi connectivity index (χ2n) is 4.55. The number of benzene rings is 1. The number of carbonyl (C=O) groups is 2. The smallest absolute Gasteiger partial charge is 0.347 e. The van der Waals surface area contributed by atoms with Crippen LogP contribution in [0.5, 0.6) is 0 Å². The van der Waals surface area contributed by atoms with Gasteiger partial charge in [-0.3, -0.25) is 5.10 Å². The fourth-order valence-electron chi connectivity index (χ4n) is 2.08. The SMILES string of the molecule is C[C@H]1C[C@H](OC(=O)c2ccc3cn[nH]c3c2)C(=O)O1. The minimum atomic E-state index is -0.806. The van der Waals surface area contributed by atoms with Crippen LogP contribution >= 0.6 is 0 Å². The van der Waals surface area contributed by atoms with Crippen LogP contribution in [-0.2, 0) is 14.3 Å². The van der Waals surface area contributed by atoms with Crippen molar-refractivity contribution < 1.29 is 19.1 Å². The lowest BCUT2D eigenvalue weighted by molar-refractivity contribution is -0.147. The standard InChI is InChI=1S/C13H12N2O4/c1-7-4-11(13(17)18-7)19-12(16)8-2-3-9-6-14-15-10(9)5-8/h2-3,5-7,11H,4H2,1H3,(H,14,15)/t7-,11-/m0/s1. The van der Waals surface area contributed by atoms with E-state index in [-0.39, 0.29) is 6.10 Å². The third-order valence-corrected chi connectivity index (χ3v) is 3.05. The Morgan fingerprint density at radius 3 is 3.11 bits per heavy atom. The molecule has 1 aromatic carbocycles. The van der Waals surface area contributed by atoms with E-state index in [0.29, 0.717) is 12.0 Å². The molecule has 3 rings (SSSR count). The first kappa shape index (κ1) is 11.7. The average molecular weight is 260 g/mol. The molecule has 0 bridgehead atoms. The normalized spacial score (nSPS) is 22.5. The van der Waals surface area contributed by atoms with Gasteiger partial charge in [-0.05, 0) is 19.1 Å². The molecule has 1 aliphatic heterocycles. The maximum atomic E-state index is 12.0. The third-order valence-electron chi connectivity index (χ3n) is 3.05. The Morgan fingerprint density at radius 2 is 2.37 bits per heavy atom. The maximum absolute atomic E-state index is 12.0. The molecule has 1 saturated heterocycles. The number of nitrogens with zero attached hydrogens (tertiary/aromatic N) is 1. The topological polar surface area (TPSA) is 81.3 Å². The van der Waals surface area contributed by atoms with E-state index in [9.17, 15) is 9.59 Å². The van der Waals surface area contributed by atoms with Crippen molar-refractivity contribution in [3.63, 3.8) is 0 Å². The first-order chi connectivity index (χ1) is 9.13. The lowest BCUT2D eigenvalue weighted by atomic mass is 10.1. The summed E-state index contributed by atoms with van der Waals surface area (Å²) in [6.07, 6.45) is 1.05. The molecule has 6 heteroatoms. The Kier molecular flexibility index (Phi) is 2.70. The van der Waals surface area contributed by atoms with Gasteiger partial charge in [0.15, 0.2) is 0 Å². The van der Waals surface area contributed by atoms with E-state index in [2.05, 4.69) is 10.2 Å². The van der Waals surface area contributed by atoms with E-state index >= 15 is 0 Å². The second-order valence-corrected chi connectivity index (χ2v) is 4.55. The van der Waals surface area contributed by atoms with Crippen LogP contribution in [0.25, 0.3) is 10.9 Å². The number of aromatic nitrogens is 2. The Hall–Kier alpha value is -2.37. The number of nitrogens with one attached hydrogen (secondary N) is 1. The molecule has 1 aliphatic rings. The van der Waals surface area contributed by atoms with Gasteiger partial charge >= 0.3 is 11.9 Å². The number of rotatable bonds is 2. The molecule has 0 spiro atoms. The lowest BCUT2D eigenvalue weighted by Crippen LogP contribution is -2.22. The highest BCUT2D eigenvalue weighted by Gasteiger charge is 2.35. The van der Waals surface area contributed by atoms with Gasteiger partial charge in [-0.15, -0.1) is 0 Å². The summed E-state index contributed by atoms with van der Waals surface area (Å²) < 4.78 is 10.1. The quantitative estimate of drug-likeness (QED) is 0.826. The van der Waals surface area contributed by atoms with Crippen molar-refractivity contribution in [1.29, 1.82) is 0 Å². The van der Waals surface area contributed by atoms with Crippen molar-refractivity contribution in [1.82, 2.24) is 10.2 Å². The van der Waals surface area contributed by atoms with Gasteiger partial charge in [0.2, 0.25) is 6.10 Å². The number of hydrogen-bond donors (Lipinski definition) is 1. The van der Waals surface area contributed by atoms with Crippen molar-refractivity contribution in [3.05, 3.63) is 30.0 Å². The fraction of sp³-hybridized carbons (Fsp3) is 0.308. The van der Waals surface area contributed by atoms with Crippen LogP contribution in [0.1, 0.15) is 23.7 Å². The molecule has 0 unspecified atom stereocenters. The number of hydrogen-bond acceptors (Lipinski definition) is 5. The highest BCUT2D eigenvalue weighted by atomic mass is 16.6. The number of esters is 2. The summed E-state index contributed by atoms with van der Waals surface area (Å²) in [4.78, 5) is 23.4. The predicted molar refractivity (Wildman–Crippen MR) is 65.5 cm³/mol. The van der Waals surface area contributed by atoms with Crippen molar-refractivity contribution in [2.75, 3.05) is 0 Å². The van der Waals surface area contributed by atoms with Gasteiger partial charge in [-0.25, -0.2) is 9.59 Å². The second kappa shape index (κ2) is 4.38. The third kappa shape index (κ3) is 2.16. The van der Waals surface area contributed by atoms with Gasteiger partial charge in [-0.2, -0.15) is 5.10 Å². The van der Waals surface area contributed by atoms with Gasteiger partial charge in [0.25, 0.3) is 0 Å². The van der Waals surface area contributed by atoms with Crippen molar-refractivity contribution in [2.45, 2.75) is 25.6 Å². The molecular weight excluding hydrogens is 248 g/mol. The molecule has 2 aromatic rings. The van der Waals surface area contributed by atoms with E-state index in [1.807, 2.05) is 0 Å². The molecule has 0 aliphatic carbocycles. The largest absolute Gasteiger partial charge is 0.460 e. The Morgan fingerprint density at radius 1 is 1.53 bits per heavy atom. The predicted octanol–water partition coefficient (Wildman–Crippen LogP) is 1.42. The van der Waals surface area contributed by atoms with Crippen molar-refractivity contribution >= 4 is 22.8 Å². The molecular formula is C13H12N2O4. The van der Waals surface area contributed by atoms with Gasteiger partial charge in [-0.1, -0.05) is 6.07 Å². The molecule has 2 heterocycles. The zero-order valence-corrected chi connectivity index (χ0v) is 10.3. The molecule has 0 saturated carbocycles. The molecule has 0 radical (unpaired) electrons. The van der Waals surface area contributed by atoms with Crippen LogP contribution in [0, 0.1) is 0 Å². The Balaban J connectivity index is 1.78. The van der Waals surface area contributed by atoms with Gasteiger partial charge in [0.1, 0.15) is 6.10 Å². The molecule has 0 amide bonds. The highest BCUT2D eigenvalue weighted by molar-refractivity contribution is 5.95. The molecule has 6 nitrogen and oxygen atoms in total. The summed E-state index contributed by atoms with van der Waals surface area (Å²) in [5, 5.41) is 7.56. The molecule has 1 fully saturated rings. The van der Waals surface area contributed by atoms with Crippen LogP contribution in [0.15, 0.2) is 24.4 Å². The minimum absolute atomic E-state index is 0.208. The Labute approximate surface area is 108 Å². The van der Waals surface area contributed by atoms with E-state index in [4.69, 9.17) is 9.47 Å². The van der Waals surface area contributed by atoms with E-state index in [1.165, 1.54) is 0 Å². The number of H-pyrrole nitrogens is 1. The molecule has 1 N–H and O–H groups in total. The van der Waals surface area contributed by atoms with Gasteiger partial charge < -0.3 is 9.47 Å². The van der Waals surface area contributed by atoms with Gasteiger partial charge in [0, 0.05) is 11.8 Å². The summed E-state index contributed by atoms with van der Waals surface area (Å²) in [5.74, 6) is -1.02. The summed E-state index contributed by atoms with van der Waals surface area (Å²) in [6.45, 7) is 1.77. The summed E-state index contributed by atoms with van der Waals surface area (Å²) >= 11 is 0. The summed E-state index contributed by atoms with van der Waals surface area (Å²) in [5.41, 5.74) is 1.13. The van der Waals surface area contributed by atoms with Crippen LogP contribution in [0.3, 0.4) is 0 Å². The van der Waals surface area contributed by atoms with E-state index < -0.39 is 18.0 Å². The van der Waals surface area contributed by atoms with Gasteiger partial charge in [0.05, 0.1) is 17.3 Å².